The predicted octanol–water partition coefficient (Wildman–Crippen LogP) is 5.37. The van der Waals surface area contributed by atoms with Gasteiger partial charge in [-0.2, -0.15) is 0 Å². The number of allylic oxidation sites excluding steroid dienone is 4. The van der Waals surface area contributed by atoms with Crippen molar-refractivity contribution in [3.8, 4) is 5.75 Å². The number of fused-ring (bicyclic) bond motifs is 6. The second-order valence-corrected chi connectivity index (χ2v) is 20.0. The number of esters is 3. The summed E-state index contributed by atoms with van der Waals surface area (Å²) >= 11 is 0. The number of piperazine rings is 1. The van der Waals surface area contributed by atoms with Crippen LogP contribution in [0.1, 0.15) is 103 Å². The lowest BCUT2D eigenvalue weighted by Crippen LogP contribution is -2.69. The molecule has 17 heteroatoms. The summed E-state index contributed by atoms with van der Waals surface area (Å²) in [6.07, 6.45) is 6.59. The van der Waals surface area contributed by atoms with Gasteiger partial charge in [0.05, 0.1) is 35.2 Å². The van der Waals surface area contributed by atoms with Crippen molar-refractivity contribution in [2.24, 2.45) is 28.6 Å². The smallest absolute Gasteiger partial charge is 0.343 e. The molecule has 0 spiro atoms. The van der Waals surface area contributed by atoms with Crippen LogP contribution in [0.25, 0.3) is 10.9 Å². The number of carbonyl (C=O) groups is 5. The molecule has 3 N–H and O–H groups in total. The number of hydrogen-bond acceptors (Lipinski definition) is 14. The number of carbonyl (C=O) groups excluding carboxylic acids is 5. The molecule has 5 aliphatic carbocycles. The van der Waals surface area contributed by atoms with Gasteiger partial charge in [-0.25, -0.2) is 23.2 Å². The fourth-order valence-corrected chi connectivity index (χ4v) is 12.5. The Morgan fingerprint density at radius 1 is 0.941 bits per heavy atom. The normalized spacial score (nSPS) is 31.8. The van der Waals surface area contributed by atoms with Crippen molar-refractivity contribution in [1.82, 2.24) is 9.88 Å². The predicted molar refractivity (Wildman–Crippen MR) is 243 cm³/mol. The quantitative estimate of drug-likeness (QED) is 0.119. The highest BCUT2D eigenvalue weighted by molar-refractivity contribution is 6.01. The van der Waals surface area contributed by atoms with Crippen LogP contribution in [-0.2, 0) is 23.8 Å². The molecule has 0 bridgehead atoms. The Morgan fingerprint density at radius 2 is 1.60 bits per heavy atom. The van der Waals surface area contributed by atoms with Gasteiger partial charge in [0.1, 0.15) is 30.1 Å². The Bertz CT molecular complexity index is 2730. The van der Waals surface area contributed by atoms with Crippen LogP contribution in [0, 0.1) is 34.4 Å². The summed E-state index contributed by atoms with van der Waals surface area (Å²) in [5.74, 6) is -5.99. The van der Waals surface area contributed by atoms with Gasteiger partial charge in [0.2, 0.25) is 11.2 Å². The second kappa shape index (κ2) is 17.3. The van der Waals surface area contributed by atoms with Gasteiger partial charge in [0.15, 0.2) is 29.6 Å². The molecule has 4 saturated carbocycles. The van der Waals surface area contributed by atoms with Gasteiger partial charge in [0, 0.05) is 54.7 Å². The van der Waals surface area contributed by atoms with Crippen LogP contribution in [-0.4, -0.2) is 114 Å². The maximum Gasteiger partial charge on any atom is 0.343 e. The summed E-state index contributed by atoms with van der Waals surface area (Å²) in [7, 11) is 1.42. The Labute approximate surface area is 391 Å². The molecular formula is C51H57F2N3O12. The number of nitrogens with one attached hydrogen (secondary N) is 1. The Balaban J connectivity index is 0.802. The van der Waals surface area contributed by atoms with Gasteiger partial charge in [0.25, 0.3) is 0 Å². The number of ether oxygens (including phenoxy) is 4. The lowest BCUT2D eigenvalue weighted by Gasteiger charge is -2.62. The number of anilines is 1. The van der Waals surface area contributed by atoms with Gasteiger partial charge < -0.3 is 43.9 Å². The first kappa shape index (κ1) is 47.3. The van der Waals surface area contributed by atoms with Crippen LogP contribution < -0.4 is 20.4 Å². The van der Waals surface area contributed by atoms with Gasteiger partial charge >= 0.3 is 17.9 Å². The molecule has 2 aromatic carbocycles. The molecule has 9 rings (SSSR count). The van der Waals surface area contributed by atoms with Gasteiger partial charge in [-0.15, -0.1) is 0 Å². The Morgan fingerprint density at radius 3 is 2.25 bits per heavy atom. The van der Waals surface area contributed by atoms with Crippen molar-refractivity contribution in [2.75, 3.05) is 51.5 Å². The molecule has 362 valence electrons. The molecular weight excluding hydrogens is 885 g/mol. The van der Waals surface area contributed by atoms with Gasteiger partial charge in [-0.1, -0.05) is 25.5 Å². The third-order valence-corrected chi connectivity index (χ3v) is 16.1. The molecule has 15 nitrogen and oxygen atoms in total. The van der Waals surface area contributed by atoms with E-state index in [1.807, 2.05) is 11.8 Å². The van der Waals surface area contributed by atoms with E-state index in [9.17, 15) is 39.0 Å². The van der Waals surface area contributed by atoms with E-state index in [0.29, 0.717) is 50.0 Å². The first-order valence-electron chi connectivity index (χ1n) is 23.4. The number of rotatable bonds is 12. The summed E-state index contributed by atoms with van der Waals surface area (Å²) in [4.78, 5) is 81.1. The molecule has 0 amide bonds. The zero-order chi connectivity index (χ0) is 48.7. The van der Waals surface area contributed by atoms with E-state index in [2.05, 4.69) is 5.32 Å². The average molecular weight is 942 g/mol. The van der Waals surface area contributed by atoms with E-state index in [4.69, 9.17) is 18.9 Å². The number of aromatic nitrogens is 1. The zero-order valence-corrected chi connectivity index (χ0v) is 38.8. The van der Waals surface area contributed by atoms with E-state index in [1.54, 1.807) is 31.4 Å². The van der Waals surface area contributed by atoms with Crippen LogP contribution in [0.15, 0.2) is 65.1 Å². The number of hydrogen-bond donors (Lipinski definition) is 3. The van der Waals surface area contributed by atoms with Crippen molar-refractivity contribution in [3.05, 3.63) is 93.1 Å². The van der Waals surface area contributed by atoms with Gasteiger partial charge in [-0.05, 0) is 107 Å². The van der Waals surface area contributed by atoms with Crippen LogP contribution in [0.3, 0.4) is 0 Å². The molecule has 1 aliphatic heterocycles. The lowest BCUT2D eigenvalue weighted by atomic mass is 9.44. The molecule has 2 heterocycles. The van der Waals surface area contributed by atoms with Crippen LogP contribution in [0.5, 0.6) is 5.75 Å². The van der Waals surface area contributed by atoms with Crippen molar-refractivity contribution >= 4 is 46.1 Å². The van der Waals surface area contributed by atoms with E-state index < -0.39 is 94.1 Å². The van der Waals surface area contributed by atoms with Crippen LogP contribution >= 0.6 is 0 Å². The first-order chi connectivity index (χ1) is 32.3. The number of nitrogens with zero attached hydrogens (tertiary/aromatic N) is 2. The summed E-state index contributed by atoms with van der Waals surface area (Å²) in [6, 6.07) is 6.40. The number of aliphatic hydroxyl groups is 2. The maximum atomic E-state index is 17.5. The number of Topliss-reactive ketones (excluding diaryl/α,β-unsaturated/α-hetero) is 1. The van der Waals surface area contributed by atoms with Gasteiger partial charge in [-0.3, -0.25) is 14.4 Å². The molecule has 9 atom stereocenters. The van der Waals surface area contributed by atoms with Crippen LogP contribution in [0.2, 0.25) is 0 Å². The number of methoxy groups -OCH3 is 1. The average Bonchev–Trinajstić information content (AvgIpc) is 4.14. The first-order valence-corrected chi connectivity index (χ1v) is 23.4. The molecule has 6 aliphatic rings. The summed E-state index contributed by atoms with van der Waals surface area (Å²) in [5.41, 5.74) is -6.40. The molecule has 1 aromatic heterocycles. The topological polar surface area (TPSA) is 200 Å². The third kappa shape index (κ3) is 7.38. The highest BCUT2D eigenvalue weighted by Crippen LogP contribution is 2.70. The number of pyridine rings is 1. The Kier molecular flexibility index (Phi) is 12.0. The fourth-order valence-electron chi connectivity index (χ4n) is 12.5. The number of alkyl halides is 1. The lowest BCUT2D eigenvalue weighted by molar-refractivity contribution is -0.219. The molecule has 0 radical (unpaired) electrons. The number of halogens is 2. The summed E-state index contributed by atoms with van der Waals surface area (Å²) in [5, 5.41) is 27.2. The highest BCUT2D eigenvalue weighted by atomic mass is 19.1. The van der Waals surface area contributed by atoms with Crippen molar-refractivity contribution in [1.29, 1.82) is 0 Å². The minimum atomic E-state index is -2.14. The maximum absolute atomic E-state index is 17.5. The molecule has 68 heavy (non-hydrogen) atoms. The number of aliphatic hydroxyl groups excluding tert-OH is 1. The number of ketones is 2. The second-order valence-electron chi connectivity index (χ2n) is 20.0. The highest BCUT2D eigenvalue weighted by Gasteiger charge is 2.75. The van der Waals surface area contributed by atoms with E-state index in [0.717, 1.165) is 18.9 Å². The Hall–Kier alpha value is -5.78. The molecule has 1 saturated heterocycles. The van der Waals surface area contributed by atoms with E-state index >= 15 is 8.78 Å². The van der Waals surface area contributed by atoms with Crippen molar-refractivity contribution in [3.63, 3.8) is 0 Å². The minimum Gasteiger partial charge on any atom is -0.492 e. The van der Waals surface area contributed by atoms with Crippen molar-refractivity contribution < 1.29 is 61.9 Å². The van der Waals surface area contributed by atoms with E-state index in [1.165, 1.54) is 49.7 Å². The molecule has 3 aromatic rings. The summed E-state index contributed by atoms with van der Waals surface area (Å²) < 4.78 is 56.9. The molecule has 1 unspecified atom stereocenters. The zero-order valence-electron chi connectivity index (χ0n) is 38.8. The monoisotopic (exact) mass is 941 g/mol. The molecule has 5 fully saturated rings. The van der Waals surface area contributed by atoms with E-state index in [-0.39, 0.29) is 64.4 Å². The SMILES string of the molecule is COc1c(N2CCNC(C)C2)c(F)cc2c(=O)c(C(=O)OCCOC(=O)c3ccc(C(=O)OCC(=O)[C@]4(O)[C@@H](C)C[C@@H]5[C@H]6CCC7=CC(=O)C=C[C@@]7(C)[C@]6(F)[C@H](O)C[C@]54C)cc3)cn(C3CC3)c12. The fraction of sp³-hybridized carbons (Fsp3) is 0.529. The van der Waals surface area contributed by atoms with Crippen molar-refractivity contribution in [2.45, 2.75) is 95.7 Å². The largest absolute Gasteiger partial charge is 0.492 e. The summed E-state index contributed by atoms with van der Waals surface area (Å²) in [6.45, 7) is 7.22. The van der Waals surface area contributed by atoms with Crippen LogP contribution in [0.4, 0.5) is 14.5 Å². The standard InChI is InChI=1S/C51H57F2N3O12/c1-27-20-37-36-13-10-31-21-33(57)14-15-48(31,3)50(36,53)39(58)23-49(37,4)51(27,64)40(59)26-68-46(62)30-8-6-29(7-9-30)45(61)66-18-19-67-47(63)35-25-56(32-11-12-32)41-34(43(35)60)22-38(52)42(44(41)65-5)55-17-16-54-28(2)24-55/h6-9,14-15,21-22,25,27-28,32,36-37,39,54,58,64H,10-13,16-20,23-24,26H2,1-5H3/t27-,28?,36+,37+,39+,48+,49+,50+,51+/m0/s1. The number of benzene rings is 2. The third-order valence-electron chi connectivity index (χ3n) is 16.1. The minimum absolute atomic E-state index is 0.00758.